The van der Waals surface area contributed by atoms with Gasteiger partial charge < -0.3 is 5.32 Å². The van der Waals surface area contributed by atoms with Gasteiger partial charge in [0.05, 0.1) is 16.8 Å². The van der Waals surface area contributed by atoms with E-state index in [1.807, 2.05) is 18.2 Å². The highest BCUT2D eigenvalue weighted by Gasteiger charge is 2.26. The van der Waals surface area contributed by atoms with E-state index in [1.165, 1.54) is 11.3 Å². The Kier molecular flexibility index (Phi) is 3.70. The van der Waals surface area contributed by atoms with E-state index in [0.717, 1.165) is 14.7 Å². The Morgan fingerprint density at radius 1 is 1.35 bits per heavy atom. The molecule has 92 valence electrons. The molecule has 0 amide bonds. The lowest BCUT2D eigenvalue weighted by molar-refractivity contribution is -0.125. The molecule has 2 rings (SSSR count). The molecule has 1 aromatic carbocycles. The van der Waals surface area contributed by atoms with Gasteiger partial charge >= 0.3 is 6.18 Å². The van der Waals surface area contributed by atoms with E-state index in [-0.39, 0.29) is 6.54 Å². The van der Waals surface area contributed by atoms with E-state index < -0.39 is 12.7 Å². The largest absolute Gasteiger partial charge is 0.401 e. The molecule has 2 nitrogen and oxygen atoms in total. The SMILES string of the molecule is FC(F)(F)CNCc1nc2ccc(Br)cc2s1. The van der Waals surface area contributed by atoms with Crippen LogP contribution in [-0.4, -0.2) is 17.7 Å². The summed E-state index contributed by atoms with van der Waals surface area (Å²) in [5, 5.41) is 2.98. The second kappa shape index (κ2) is 4.91. The Morgan fingerprint density at radius 2 is 2.12 bits per heavy atom. The number of benzene rings is 1. The number of thiazole rings is 1. The third kappa shape index (κ3) is 3.65. The Balaban J connectivity index is 2.05. The molecule has 0 aliphatic carbocycles. The van der Waals surface area contributed by atoms with Crippen LogP contribution >= 0.6 is 27.3 Å². The normalized spacial score (nSPS) is 12.2. The van der Waals surface area contributed by atoms with Crippen molar-refractivity contribution in [2.45, 2.75) is 12.7 Å². The van der Waals surface area contributed by atoms with Crippen molar-refractivity contribution in [2.24, 2.45) is 0 Å². The minimum atomic E-state index is -4.18. The van der Waals surface area contributed by atoms with Gasteiger partial charge in [0, 0.05) is 11.0 Å². The Labute approximate surface area is 108 Å². The van der Waals surface area contributed by atoms with E-state index in [0.29, 0.717) is 5.01 Å². The van der Waals surface area contributed by atoms with Crippen molar-refractivity contribution in [3.05, 3.63) is 27.7 Å². The fourth-order valence-corrected chi connectivity index (χ4v) is 2.82. The van der Waals surface area contributed by atoms with Gasteiger partial charge in [-0.1, -0.05) is 15.9 Å². The Morgan fingerprint density at radius 3 is 2.82 bits per heavy atom. The van der Waals surface area contributed by atoms with Gasteiger partial charge in [-0.15, -0.1) is 11.3 Å². The van der Waals surface area contributed by atoms with Gasteiger partial charge in [-0.3, -0.25) is 0 Å². The van der Waals surface area contributed by atoms with Crippen LogP contribution in [0.2, 0.25) is 0 Å². The van der Waals surface area contributed by atoms with Gasteiger partial charge in [-0.2, -0.15) is 13.2 Å². The predicted octanol–water partition coefficient (Wildman–Crippen LogP) is 3.71. The van der Waals surface area contributed by atoms with Crippen LogP contribution in [0.5, 0.6) is 0 Å². The van der Waals surface area contributed by atoms with Crippen LogP contribution in [0.1, 0.15) is 5.01 Å². The maximum atomic E-state index is 11.9. The van der Waals surface area contributed by atoms with E-state index in [1.54, 1.807) is 0 Å². The molecule has 7 heteroatoms. The summed E-state index contributed by atoms with van der Waals surface area (Å²) in [5.41, 5.74) is 0.807. The number of aromatic nitrogens is 1. The predicted molar refractivity (Wildman–Crippen MR) is 65.1 cm³/mol. The van der Waals surface area contributed by atoms with Gasteiger partial charge in [0.1, 0.15) is 5.01 Å². The smallest absolute Gasteiger partial charge is 0.302 e. The molecule has 1 N–H and O–H groups in total. The molecule has 0 saturated carbocycles. The minimum Gasteiger partial charge on any atom is -0.302 e. The molecule has 0 aliphatic heterocycles. The number of hydrogen-bond donors (Lipinski definition) is 1. The molecule has 1 heterocycles. The standard InChI is InChI=1S/C10H8BrF3N2S/c11-6-1-2-7-8(3-6)17-9(16-7)4-15-5-10(12,13)14/h1-3,15H,4-5H2. The van der Waals surface area contributed by atoms with E-state index in [4.69, 9.17) is 0 Å². The first-order chi connectivity index (χ1) is 7.94. The summed E-state index contributed by atoms with van der Waals surface area (Å²) in [6.45, 7) is -0.858. The zero-order valence-corrected chi connectivity index (χ0v) is 10.9. The molecular formula is C10H8BrF3N2S. The summed E-state index contributed by atoms with van der Waals surface area (Å²) in [5.74, 6) is 0. The molecule has 0 spiro atoms. The van der Waals surface area contributed by atoms with E-state index in [9.17, 15) is 13.2 Å². The fraction of sp³-hybridized carbons (Fsp3) is 0.300. The fourth-order valence-electron chi connectivity index (χ4n) is 1.33. The lowest BCUT2D eigenvalue weighted by Gasteiger charge is -2.05. The summed E-state index contributed by atoms with van der Waals surface area (Å²) in [6.07, 6.45) is -4.18. The van der Waals surface area contributed by atoms with Crippen molar-refractivity contribution in [1.29, 1.82) is 0 Å². The van der Waals surface area contributed by atoms with Crippen LogP contribution < -0.4 is 5.32 Å². The van der Waals surface area contributed by atoms with Crippen LogP contribution in [0.4, 0.5) is 13.2 Å². The first-order valence-corrected chi connectivity index (χ1v) is 6.37. The lowest BCUT2D eigenvalue weighted by atomic mass is 10.3. The first kappa shape index (κ1) is 12.8. The molecular weight excluding hydrogens is 317 g/mol. The number of fused-ring (bicyclic) bond motifs is 1. The van der Waals surface area contributed by atoms with Crippen LogP contribution in [0, 0.1) is 0 Å². The molecule has 1 aromatic heterocycles. The molecule has 0 bridgehead atoms. The van der Waals surface area contributed by atoms with Crippen LogP contribution in [0.3, 0.4) is 0 Å². The third-order valence-corrected chi connectivity index (χ3v) is 3.51. The molecule has 0 aliphatic rings. The molecule has 0 saturated heterocycles. The zero-order chi connectivity index (χ0) is 12.5. The van der Waals surface area contributed by atoms with Crippen molar-refractivity contribution in [3.8, 4) is 0 Å². The second-order valence-corrected chi connectivity index (χ2v) is 5.47. The summed E-state index contributed by atoms with van der Waals surface area (Å²) in [4.78, 5) is 4.24. The summed E-state index contributed by atoms with van der Waals surface area (Å²) in [7, 11) is 0. The Hall–Kier alpha value is -0.660. The molecule has 0 fully saturated rings. The first-order valence-electron chi connectivity index (χ1n) is 4.76. The van der Waals surface area contributed by atoms with Gasteiger partial charge in [0.2, 0.25) is 0 Å². The number of rotatable bonds is 3. The molecule has 0 atom stereocenters. The highest BCUT2D eigenvalue weighted by atomic mass is 79.9. The van der Waals surface area contributed by atoms with Crippen molar-refractivity contribution >= 4 is 37.5 Å². The lowest BCUT2D eigenvalue weighted by Crippen LogP contribution is -2.28. The maximum absolute atomic E-state index is 11.9. The number of hydrogen-bond acceptors (Lipinski definition) is 3. The summed E-state index contributed by atoms with van der Waals surface area (Å²) in [6, 6.07) is 5.60. The van der Waals surface area contributed by atoms with Crippen molar-refractivity contribution in [3.63, 3.8) is 0 Å². The number of nitrogens with one attached hydrogen (secondary N) is 1. The van der Waals surface area contributed by atoms with Crippen LogP contribution in [0.25, 0.3) is 10.2 Å². The quantitative estimate of drug-likeness (QED) is 0.931. The minimum absolute atomic E-state index is 0.135. The average Bonchev–Trinajstić information content (AvgIpc) is 2.57. The molecule has 0 unspecified atom stereocenters. The Bertz CT molecular complexity index is 524. The van der Waals surface area contributed by atoms with Crippen molar-refractivity contribution in [1.82, 2.24) is 10.3 Å². The molecule has 2 aromatic rings. The summed E-state index contributed by atoms with van der Waals surface area (Å²) >= 11 is 4.73. The second-order valence-electron chi connectivity index (χ2n) is 3.44. The van der Waals surface area contributed by atoms with Gasteiger partial charge in [0.15, 0.2) is 0 Å². The van der Waals surface area contributed by atoms with Crippen LogP contribution in [0.15, 0.2) is 22.7 Å². The highest BCUT2D eigenvalue weighted by Crippen LogP contribution is 2.25. The van der Waals surface area contributed by atoms with Crippen LogP contribution in [-0.2, 0) is 6.54 Å². The topological polar surface area (TPSA) is 24.9 Å². The van der Waals surface area contributed by atoms with Gasteiger partial charge in [0.25, 0.3) is 0 Å². The monoisotopic (exact) mass is 324 g/mol. The molecule has 17 heavy (non-hydrogen) atoms. The average molecular weight is 325 g/mol. The third-order valence-electron chi connectivity index (χ3n) is 2.00. The van der Waals surface area contributed by atoms with E-state index >= 15 is 0 Å². The number of nitrogens with zero attached hydrogens (tertiary/aromatic N) is 1. The highest BCUT2D eigenvalue weighted by molar-refractivity contribution is 9.10. The zero-order valence-electron chi connectivity index (χ0n) is 8.51. The maximum Gasteiger partial charge on any atom is 0.401 e. The van der Waals surface area contributed by atoms with Gasteiger partial charge in [-0.05, 0) is 18.2 Å². The van der Waals surface area contributed by atoms with Gasteiger partial charge in [-0.25, -0.2) is 4.98 Å². The van der Waals surface area contributed by atoms with E-state index in [2.05, 4.69) is 26.2 Å². The van der Waals surface area contributed by atoms with Crippen molar-refractivity contribution in [2.75, 3.05) is 6.54 Å². The molecule has 0 radical (unpaired) electrons. The number of halogens is 4. The number of alkyl halides is 3. The van der Waals surface area contributed by atoms with Crippen molar-refractivity contribution < 1.29 is 13.2 Å². The summed E-state index contributed by atoms with van der Waals surface area (Å²) < 4.78 is 37.7.